The summed E-state index contributed by atoms with van der Waals surface area (Å²) in [5.41, 5.74) is 1.55. The van der Waals surface area contributed by atoms with E-state index in [2.05, 4.69) is 10.3 Å². The molecular formula is C11H16N2O4S. The van der Waals surface area contributed by atoms with Crippen LogP contribution in [0.25, 0.3) is 0 Å². The van der Waals surface area contributed by atoms with Crippen molar-refractivity contribution >= 4 is 23.2 Å². The molecular weight excluding hydrogens is 256 g/mol. The summed E-state index contributed by atoms with van der Waals surface area (Å²) >= 11 is 1.09. The zero-order valence-electron chi connectivity index (χ0n) is 10.6. The van der Waals surface area contributed by atoms with Crippen molar-refractivity contribution in [2.75, 3.05) is 20.3 Å². The van der Waals surface area contributed by atoms with Crippen molar-refractivity contribution in [1.29, 1.82) is 0 Å². The smallest absolute Gasteiger partial charge is 0.350 e. The van der Waals surface area contributed by atoms with Crippen LogP contribution in [0.4, 0.5) is 0 Å². The van der Waals surface area contributed by atoms with Gasteiger partial charge in [-0.2, -0.15) is 0 Å². The second-order valence-corrected chi connectivity index (χ2v) is 4.44. The molecule has 0 bridgehead atoms. The van der Waals surface area contributed by atoms with Crippen LogP contribution in [0.1, 0.15) is 34.0 Å². The largest absolute Gasteiger partial charge is 0.462 e. The first-order valence-corrected chi connectivity index (χ1v) is 6.38. The van der Waals surface area contributed by atoms with E-state index < -0.39 is 11.9 Å². The topological polar surface area (TPSA) is 77.5 Å². The quantitative estimate of drug-likeness (QED) is 0.784. The van der Waals surface area contributed by atoms with Crippen molar-refractivity contribution in [3.8, 4) is 0 Å². The van der Waals surface area contributed by atoms with Crippen molar-refractivity contribution in [2.24, 2.45) is 0 Å². The zero-order valence-corrected chi connectivity index (χ0v) is 11.4. The second kappa shape index (κ2) is 7.07. The molecule has 0 saturated heterocycles. The first-order chi connectivity index (χ1) is 8.60. The first-order valence-electron chi connectivity index (χ1n) is 5.50. The van der Waals surface area contributed by atoms with Gasteiger partial charge in [0, 0.05) is 13.2 Å². The molecule has 0 aliphatic carbocycles. The summed E-state index contributed by atoms with van der Waals surface area (Å²) in [4.78, 5) is 27.6. The molecule has 1 aromatic heterocycles. The number of hydrogen-bond acceptors (Lipinski definition) is 6. The molecule has 1 heterocycles. The minimum atomic E-state index is -0.524. The van der Waals surface area contributed by atoms with Gasteiger partial charge < -0.3 is 14.8 Å². The number of rotatable bonds is 6. The van der Waals surface area contributed by atoms with Gasteiger partial charge in [0.15, 0.2) is 5.69 Å². The van der Waals surface area contributed by atoms with E-state index in [1.165, 1.54) is 5.51 Å². The Labute approximate surface area is 109 Å². The number of ether oxygens (including phenoxy) is 2. The lowest BCUT2D eigenvalue weighted by Crippen LogP contribution is -2.36. The molecule has 6 nitrogen and oxygen atoms in total. The van der Waals surface area contributed by atoms with Crippen molar-refractivity contribution in [1.82, 2.24) is 10.3 Å². The Morgan fingerprint density at radius 1 is 1.56 bits per heavy atom. The van der Waals surface area contributed by atoms with Crippen LogP contribution in [-0.2, 0) is 9.47 Å². The van der Waals surface area contributed by atoms with Gasteiger partial charge in [-0.05, 0) is 13.8 Å². The minimum absolute atomic E-state index is 0.0985. The molecule has 100 valence electrons. The fraction of sp³-hybridized carbons (Fsp3) is 0.545. The zero-order chi connectivity index (χ0) is 13.5. The fourth-order valence-corrected chi connectivity index (χ4v) is 2.01. The summed E-state index contributed by atoms with van der Waals surface area (Å²) in [6, 6.07) is -0.153. The molecule has 0 radical (unpaired) electrons. The Balaban J connectivity index is 2.74. The summed E-state index contributed by atoms with van der Waals surface area (Å²) in [5.74, 6) is -0.923. The molecule has 1 aromatic rings. The molecule has 1 amide bonds. The number of carbonyl (C=O) groups excluding carboxylic acids is 2. The Morgan fingerprint density at radius 3 is 2.89 bits per heavy atom. The number of nitrogens with zero attached hydrogens (tertiary/aromatic N) is 1. The maximum atomic E-state index is 11.9. The van der Waals surface area contributed by atoms with E-state index in [0.29, 0.717) is 6.61 Å². The van der Waals surface area contributed by atoms with Crippen molar-refractivity contribution in [3.05, 3.63) is 16.1 Å². The number of aromatic nitrogens is 1. The molecule has 1 atom stereocenters. The number of carbonyl (C=O) groups is 2. The van der Waals surface area contributed by atoms with Crippen molar-refractivity contribution in [2.45, 2.75) is 19.9 Å². The van der Waals surface area contributed by atoms with Crippen LogP contribution in [-0.4, -0.2) is 43.2 Å². The van der Waals surface area contributed by atoms with Gasteiger partial charge in [0.1, 0.15) is 4.88 Å². The van der Waals surface area contributed by atoms with Crippen molar-refractivity contribution in [3.63, 3.8) is 0 Å². The van der Waals surface area contributed by atoms with Crippen LogP contribution < -0.4 is 5.32 Å². The maximum absolute atomic E-state index is 11.9. The lowest BCUT2D eigenvalue weighted by atomic mass is 10.3. The van der Waals surface area contributed by atoms with E-state index >= 15 is 0 Å². The van der Waals surface area contributed by atoms with Gasteiger partial charge in [-0.25, -0.2) is 9.78 Å². The van der Waals surface area contributed by atoms with Gasteiger partial charge in [0.05, 0.1) is 18.7 Å². The lowest BCUT2D eigenvalue weighted by molar-refractivity contribution is 0.0527. The molecule has 0 saturated carbocycles. The first kappa shape index (κ1) is 14.6. The molecule has 1 N–H and O–H groups in total. The minimum Gasteiger partial charge on any atom is -0.462 e. The van der Waals surface area contributed by atoms with Crippen LogP contribution >= 0.6 is 11.3 Å². The van der Waals surface area contributed by atoms with Crippen LogP contribution in [0.5, 0.6) is 0 Å². The Morgan fingerprint density at radius 2 is 2.28 bits per heavy atom. The lowest BCUT2D eigenvalue weighted by Gasteiger charge is -2.11. The highest BCUT2D eigenvalue weighted by molar-refractivity contribution is 7.12. The van der Waals surface area contributed by atoms with Gasteiger partial charge in [-0.3, -0.25) is 4.79 Å². The van der Waals surface area contributed by atoms with Crippen LogP contribution in [0.15, 0.2) is 5.51 Å². The van der Waals surface area contributed by atoms with Gasteiger partial charge in [0.2, 0.25) is 0 Å². The molecule has 18 heavy (non-hydrogen) atoms. The van der Waals surface area contributed by atoms with Crippen molar-refractivity contribution < 1.29 is 19.1 Å². The van der Waals surface area contributed by atoms with E-state index in [4.69, 9.17) is 9.47 Å². The fourth-order valence-electron chi connectivity index (χ4n) is 1.33. The van der Waals surface area contributed by atoms with Gasteiger partial charge in [0.25, 0.3) is 5.91 Å². The van der Waals surface area contributed by atoms with E-state index in [1.807, 2.05) is 0 Å². The standard InChI is InChI=1S/C11H16N2O4S/c1-4-17-11(15)9-8(12-6-18-9)10(14)13-7(2)5-16-3/h6-7H,4-5H2,1-3H3,(H,13,14). The van der Waals surface area contributed by atoms with Crippen LogP contribution in [0.3, 0.4) is 0 Å². The number of nitrogens with one attached hydrogen (secondary N) is 1. The number of amides is 1. The molecule has 0 aromatic carbocycles. The molecule has 0 aliphatic heterocycles. The molecule has 0 fully saturated rings. The number of methoxy groups -OCH3 is 1. The average molecular weight is 272 g/mol. The number of hydrogen-bond donors (Lipinski definition) is 1. The predicted octanol–water partition coefficient (Wildman–Crippen LogP) is 1.08. The van der Waals surface area contributed by atoms with Gasteiger partial charge >= 0.3 is 5.97 Å². The highest BCUT2D eigenvalue weighted by atomic mass is 32.1. The Kier molecular flexibility index (Phi) is 5.73. The molecule has 0 aliphatic rings. The third-order valence-corrected chi connectivity index (χ3v) is 2.84. The molecule has 1 unspecified atom stereocenters. The molecule has 7 heteroatoms. The van der Waals surface area contributed by atoms with E-state index in [-0.39, 0.29) is 23.2 Å². The molecule has 1 rings (SSSR count). The SMILES string of the molecule is CCOC(=O)c1scnc1C(=O)NC(C)COC. The Bertz CT molecular complexity index is 419. The summed E-state index contributed by atoms with van der Waals surface area (Å²) in [6.45, 7) is 4.17. The summed E-state index contributed by atoms with van der Waals surface area (Å²) in [7, 11) is 1.55. The highest BCUT2D eigenvalue weighted by Gasteiger charge is 2.22. The number of thiazole rings is 1. The monoisotopic (exact) mass is 272 g/mol. The third kappa shape index (κ3) is 3.78. The highest BCUT2D eigenvalue weighted by Crippen LogP contribution is 2.14. The van der Waals surface area contributed by atoms with E-state index in [1.54, 1.807) is 21.0 Å². The van der Waals surface area contributed by atoms with Crippen LogP contribution in [0.2, 0.25) is 0 Å². The normalized spacial score (nSPS) is 11.9. The maximum Gasteiger partial charge on any atom is 0.350 e. The summed E-state index contributed by atoms with van der Waals surface area (Å²) < 4.78 is 9.77. The third-order valence-electron chi connectivity index (χ3n) is 2.04. The summed E-state index contributed by atoms with van der Waals surface area (Å²) in [6.07, 6.45) is 0. The van der Waals surface area contributed by atoms with E-state index in [9.17, 15) is 9.59 Å². The molecule has 0 spiro atoms. The van der Waals surface area contributed by atoms with Gasteiger partial charge in [-0.1, -0.05) is 0 Å². The Hall–Kier alpha value is -1.47. The number of esters is 1. The summed E-state index contributed by atoms with van der Waals surface area (Å²) in [5, 5.41) is 2.69. The van der Waals surface area contributed by atoms with E-state index in [0.717, 1.165) is 11.3 Å². The second-order valence-electron chi connectivity index (χ2n) is 3.58. The predicted molar refractivity (Wildman–Crippen MR) is 66.9 cm³/mol. The average Bonchev–Trinajstić information content (AvgIpc) is 2.78. The van der Waals surface area contributed by atoms with Crippen LogP contribution in [0, 0.1) is 0 Å². The van der Waals surface area contributed by atoms with Gasteiger partial charge in [-0.15, -0.1) is 11.3 Å².